The Labute approximate surface area is 207 Å². The number of aryl methyl sites for hydroxylation is 1. The number of hydrogen-bond acceptors (Lipinski definition) is 5. The number of thioether (sulfide) groups is 1. The summed E-state index contributed by atoms with van der Waals surface area (Å²) >= 11 is 8.56. The number of carbonyl (C=O) groups is 1. The van der Waals surface area contributed by atoms with E-state index in [4.69, 9.17) is 11.6 Å². The molecule has 1 fully saturated rings. The number of carboxylic acid groups (broad SMARTS) is 1. The summed E-state index contributed by atoms with van der Waals surface area (Å²) in [5.41, 5.74) is 4.68. The zero-order valence-corrected chi connectivity index (χ0v) is 20.2. The third-order valence-corrected chi connectivity index (χ3v) is 10.2. The van der Waals surface area contributed by atoms with Gasteiger partial charge in [-0.05, 0) is 48.8 Å². The maximum atomic E-state index is 12.7. The van der Waals surface area contributed by atoms with Gasteiger partial charge in [-0.15, -0.1) is 23.4 Å². The Bertz CT molecular complexity index is 1230. The molecule has 1 N–H and O–H groups in total. The number of carboxylic acids is 1. The molecule has 2 heterocycles. The average Bonchev–Trinajstić information content (AvgIpc) is 3.38. The minimum absolute atomic E-state index is 0.0682. The van der Waals surface area contributed by atoms with E-state index in [9.17, 15) is 20.0 Å². The Kier molecular flexibility index (Phi) is 5.19. The number of allylic oxidation sites excluding steroid dienone is 2. The topological polar surface area (TPSA) is 83.7 Å². The number of rotatable bonds is 4. The van der Waals surface area contributed by atoms with Gasteiger partial charge in [0.05, 0.1) is 15.2 Å². The van der Waals surface area contributed by atoms with Crippen molar-refractivity contribution in [3.8, 4) is 0 Å². The largest absolute Gasteiger partial charge is 0.480 e. The molecule has 7 atom stereocenters. The Balaban J connectivity index is 1.45. The summed E-state index contributed by atoms with van der Waals surface area (Å²) in [6, 6.07) is 10.5. The Morgan fingerprint density at radius 2 is 2.03 bits per heavy atom. The van der Waals surface area contributed by atoms with Crippen LogP contribution in [0.5, 0.6) is 0 Å². The van der Waals surface area contributed by atoms with Crippen molar-refractivity contribution in [2.24, 2.45) is 11.8 Å². The molecule has 2 aliphatic heterocycles. The third kappa shape index (κ3) is 3.20. The fourth-order valence-corrected chi connectivity index (χ4v) is 8.74. The molecule has 0 amide bonds. The van der Waals surface area contributed by atoms with Gasteiger partial charge in [-0.25, -0.2) is 4.79 Å². The van der Waals surface area contributed by atoms with Crippen molar-refractivity contribution in [3.05, 3.63) is 75.4 Å². The summed E-state index contributed by atoms with van der Waals surface area (Å²) < 4.78 is 0. The monoisotopic (exact) mass is 496 g/mol. The number of para-hydroxylation sites is 1. The van der Waals surface area contributed by atoms with Gasteiger partial charge in [0.2, 0.25) is 0 Å². The second-order valence-corrected chi connectivity index (χ2v) is 11.7. The van der Waals surface area contributed by atoms with E-state index in [1.807, 2.05) is 0 Å². The van der Waals surface area contributed by atoms with Crippen molar-refractivity contribution in [1.82, 2.24) is 0 Å². The van der Waals surface area contributed by atoms with E-state index in [2.05, 4.69) is 36.1 Å². The summed E-state index contributed by atoms with van der Waals surface area (Å²) in [5.74, 6) is -0.339. The first-order valence-corrected chi connectivity index (χ1v) is 13.0. The molecule has 0 spiro atoms. The van der Waals surface area contributed by atoms with Crippen molar-refractivity contribution in [1.29, 1.82) is 0 Å². The first-order chi connectivity index (χ1) is 16.3. The summed E-state index contributed by atoms with van der Waals surface area (Å²) in [4.78, 5) is 26.6. The first kappa shape index (κ1) is 22.0. The van der Waals surface area contributed by atoms with Crippen LogP contribution in [0.25, 0.3) is 0 Å². The van der Waals surface area contributed by atoms with Crippen LogP contribution in [0, 0.1) is 28.9 Å². The van der Waals surface area contributed by atoms with Gasteiger partial charge in [-0.1, -0.05) is 42.0 Å². The quantitative estimate of drug-likeness (QED) is 0.252. The number of nitrogens with zero attached hydrogens (tertiary/aromatic N) is 2. The molecule has 176 valence electrons. The number of alkyl halides is 1. The standard InChI is InChI=1S/C26H25ClN2O4S/c1-13-9-16-15-6-4-5-14(15)12-28-24(16)17(10-13)22-18(25(28)26(30)31)11-21(23(22)27)34-20-8-3-2-7-19(20)29(32)33/h2-4,6-10,14-15,18,21-23,25H,5,11-12H2,1H3,(H,30,31)/t14-,15+,18+,21+,22-,23+,25-/m1/s1. The fourth-order valence-electron chi connectivity index (χ4n) is 6.79. The van der Waals surface area contributed by atoms with E-state index in [1.165, 1.54) is 29.0 Å². The molecule has 2 aromatic rings. The summed E-state index contributed by atoms with van der Waals surface area (Å²) in [5, 5.41) is 21.5. The van der Waals surface area contributed by atoms with Gasteiger partial charge >= 0.3 is 5.97 Å². The number of halogens is 1. The van der Waals surface area contributed by atoms with Crippen molar-refractivity contribution >= 4 is 40.7 Å². The molecule has 6 nitrogen and oxygen atoms in total. The normalized spacial score (nSPS) is 32.8. The number of aliphatic carboxylic acids is 1. The van der Waals surface area contributed by atoms with Gasteiger partial charge in [0.1, 0.15) is 6.04 Å². The van der Waals surface area contributed by atoms with Crippen LogP contribution in [0.4, 0.5) is 11.4 Å². The minimum atomic E-state index is -0.809. The third-order valence-electron chi connectivity index (χ3n) is 8.04. The van der Waals surface area contributed by atoms with Crippen molar-refractivity contribution in [3.63, 3.8) is 0 Å². The molecule has 0 unspecified atom stereocenters. The molecule has 2 aromatic carbocycles. The molecule has 6 rings (SSSR count). The van der Waals surface area contributed by atoms with E-state index in [-0.39, 0.29) is 33.1 Å². The number of nitro benzene ring substituents is 1. The Morgan fingerprint density at radius 3 is 2.79 bits per heavy atom. The van der Waals surface area contributed by atoms with Crippen LogP contribution in [-0.4, -0.2) is 39.2 Å². The summed E-state index contributed by atoms with van der Waals surface area (Å²) in [7, 11) is 0. The zero-order chi connectivity index (χ0) is 23.7. The summed E-state index contributed by atoms with van der Waals surface area (Å²) in [6.45, 7) is 2.83. The molecule has 0 aromatic heterocycles. The smallest absolute Gasteiger partial charge is 0.326 e. The van der Waals surface area contributed by atoms with Crippen molar-refractivity contribution in [2.75, 3.05) is 11.4 Å². The molecule has 0 saturated heterocycles. The van der Waals surface area contributed by atoms with Gasteiger partial charge in [0.15, 0.2) is 0 Å². The number of benzene rings is 2. The highest BCUT2D eigenvalue weighted by molar-refractivity contribution is 8.00. The molecule has 0 radical (unpaired) electrons. The Hall–Kier alpha value is -2.51. The second kappa shape index (κ2) is 8.02. The van der Waals surface area contributed by atoms with E-state index in [0.717, 1.165) is 24.2 Å². The van der Waals surface area contributed by atoms with Crippen LogP contribution in [0.1, 0.15) is 41.4 Å². The summed E-state index contributed by atoms with van der Waals surface area (Å²) in [6.07, 6.45) is 6.08. The lowest BCUT2D eigenvalue weighted by Gasteiger charge is -2.50. The highest BCUT2D eigenvalue weighted by Crippen LogP contribution is 2.60. The van der Waals surface area contributed by atoms with E-state index < -0.39 is 12.0 Å². The average molecular weight is 497 g/mol. The lowest BCUT2D eigenvalue weighted by molar-refractivity contribution is -0.387. The highest BCUT2D eigenvalue weighted by atomic mass is 35.5. The Morgan fingerprint density at radius 1 is 1.26 bits per heavy atom. The molecular weight excluding hydrogens is 472 g/mol. The van der Waals surface area contributed by atoms with Crippen LogP contribution in [0.3, 0.4) is 0 Å². The van der Waals surface area contributed by atoms with Crippen molar-refractivity contribution < 1.29 is 14.8 Å². The zero-order valence-electron chi connectivity index (χ0n) is 18.6. The molecule has 1 saturated carbocycles. The molecule has 2 aliphatic carbocycles. The van der Waals surface area contributed by atoms with Gasteiger partial charge in [0.25, 0.3) is 5.69 Å². The fraction of sp³-hybridized carbons (Fsp3) is 0.423. The predicted octanol–water partition coefficient (Wildman–Crippen LogP) is 5.72. The molecule has 0 bridgehead atoms. The van der Waals surface area contributed by atoms with Gasteiger partial charge < -0.3 is 10.0 Å². The van der Waals surface area contributed by atoms with Crippen molar-refractivity contribution in [2.45, 2.75) is 53.2 Å². The molecule has 8 heteroatoms. The lowest BCUT2D eigenvalue weighted by Crippen LogP contribution is -2.55. The van der Waals surface area contributed by atoms with E-state index in [1.54, 1.807) is 18.2 Å². The van der Waals surface area contributed by atoms with Crippen LogP contribution < -0.4 is 4.90 Å². The van der Waals surface area contributed by atoms with Crippen LogP contribution in [0.2, 0.25) is 0 Å². The van der Waals surface area contributed by atoms with E-state index in [0.29, 0.717) is 23.2 Å². The van der Waals surface area contributed by atoms with Crippen LogP contribution in [-0.2, 0) is 4.79 Å². The molecule has 34 heavy (non-hydrogen) atoms. The number of fused-ring (bicyclic) bond motifs is 4. The van der Waals surface area contributed by atoms with Crippen LogP contribution in [0.15, 0.2) is 53.4 Å². The number of hydrogen-bond donors (Lipinski definition) is 1. The predicted molar refractivity (Wildman–Crippen MR) is 133 cm³/mol. The van der Waals surface area contributed by atoms with Gasteiger partial charge in [-0.3, -0.25) is 10.1 Å². The SMILES string of the molecule is Cc1cc2c3c(c1)[C@H]1C=CC[C@@H]1CN3[C@@H](C(=O)O)[C@H]1C[C@H](Sc3ccccc3[N+](=O)[O-])[C@H](Cl)[C@H]21. The maximum absolute atomic E-state index is 12.7. The van der Waals surface area contributed by atoms with Gasteiger partial charge in [-0.2, -0.15) is 0 Å². The number of anilines is 1. The minimum Gasteiger partial charge on any atom is -0.480 e. The van der Waals surface area contributed by atoms with E-state index >= 15 is 0 Å². The molecule has 4 aliphatic rings. The maximum Gasteiger partial charge on any atom is 0.326 e. The highest BCUT2D eigenvalue weighted by Gasteiger charge is 2.56. The second-order valence-electron chi connectivity index (χ2n) is 9.93. The molecular formula is C26H25ClN2O4S. The first-order valence-electron chi connectivity index (χ1n) is 11.7. The van der Waals surface area contributed by atoms with Crippen LogP contribution >= 0.6 is 23.4 Å². The van der Waals surface area contributed by atoms with Gasteiger partial charge in [0, 0.05) is 35.4 Å². The lowest BCUT2D eigenvalue weighted by atomic mass is 9.71. The number of nitro groups is 1.